The van der Waals surface area contributed by atoms with Gasteiger partial charge in [-0.05, 0) is 24.6 Å². The molecule has 0 spiro atoms. The van der Waals surface area contributed by atoms with Crippen molar-refractivity contribution in [3.63, 3.8) is 0 Å². The van der Waals surface area contributed by atoms with Crippen LogP contribution in [0.25, 0.3) is 0 Å². The predicted molar refractivity (Wildman–Crippen MR) is 59.9 cm³/mol. The normalized spacial score (nSPS) is 12.9. The van der Waals surface area contributed by atoms with E-state index in [4.69, 9.17) is 9.47 Å². The molecule has 1 heterocycles. The van der Waals surface area contributed by atoms with E-state index in [1.165, 1.54) is 0 Å². The van der Waals surface area contributed by atoms with Crippen LogP contribution in [-0.2, 0) is 0 Å². The van der Waals surface area contributed by atoms with Gasteiger partial charge in [0.1, 0.15) is 0 Å². The minimum absolute atomic E-state index is 0.146. The maximum Gasteiger partial charge on any atom is 0.231 e. The first-order valence-electron chi connectivity index (χ1n) is 4.80. The number of rotatable bonds is 4. The van der Waals surface area contributed by atoms with Gasteiger partial charge in [-0.15, -0.1) is 0 Å². The summed E-state index contributed by atoms with van der Waals surface area (Å²) >= 11 is 3.30. The van der Waals surface area contributed by atoms with Gasteiger partial charge in [0.05, 0.1) is 0 Å². The van der Waals surface area contributed by atoms with Crippen molar-refractivity contribution in [2.45, 2.75) is 12.8 Å². The topological polar surface area (TPSA) is 35.5 Å². The van der Waals surface area contributed by atoms with E-state index in [2.05, 4.69) is 15.9 Å². The van der Waals surface area contributed by atoms with Crippen molar-refractivity contribution in [2.75, 3.05) is 12.1 Å². The molecule has 15 heavy (non-hydrogen) atoms. The highest BCUT2D eigenvalue weighted by Crippen LogP contribution is 2.32. The molecule has 0 aromatic heterocycles. The molecule has 0 fully saturated rings. The van der Waals surface area contributed by atoms with Gasteiger partial charge in [-0.25, -0.2) is 0 Å². The van der Waals surface area contributed by atoms with Crippen LogP contribution in [0.1, 0.15) is 23.2 Å². The van der Waals surface area contributed by atoms with Crippen molar-refractivity contribution in [3.05, 3.63) is 23.8 Å². The first kappa shape index (κ1) is 10.5. The molecule has 3 nitrogen and oxygen atoms in total. The summed E-state index contributed by atoms with van der Waals surface area (Å²) in [6.07, 6.45) is 1.41. The van der Waals surface area contributed by atoms with Gasteiger partial charge >= 0.3 is 0 Å². The highest BCUT2D eigenvalue weighted by atomic mass is 79.9. The monoisotopic (exact) mass is 270 g/mol. The fourth-order valence-corrected chi connectivity index (χ4v) is 1.72. The summed E-state index contributed by atoms with van der Waals surface area (Å²) in [5.74, 6) is 1.53. The summed E-state index contributed by atoms with van der Waals surface area (Å²) < 4.78 is 10.4. The molecule has 0 radical (unpaired) electrons. The number of benzene rings is 1. The number of hydrogen-bond donors (Lipinski definition) is 0. The summed E-state index contributed by atoms with van der Waals surface area (Å²) in [6.45, 7) is 0.244. The van der Waals surface area contributed by atoms with Crippen molar-refractivity contribution in [2.24, 2.45) is 0 Å². The number of ether oxygens (including phenoxy) is 2. The summed E-state index contributed by atoms with van der Waals surface area (Å²) in [5.41, 5.74) is 0.695. The Balaban J connectivity index is 2.12. The molecule has 0 amide bonds. The zero-order valence-electron chi connectivity index (χ0n) is 8.16. The zero-order valence-corrected chi connectivity index (χ0v) is 9.75. The van der Waals surface area contributed by atoms with Gasteiger partial charge in [0.15, 0.2) is 17.3 Å². The van der Waals surface area contributed by atoms with E-state index in [1.54, 1.807) is 18.2 Å². The first-order chi connectivity index (χ1) is 7.31. The van der Waals surface area contributed by atoms with Crippen LogP contribution in [0.4, 0.5) is 0 Å². The number of carbonyl (C=O) groups is 1. The van der Waals surface area contributed by atoms with E-state index in [0.717, 1.165) is 11.8 Å². The standard InChI is InChI=1S/C11H11BrO3/c12-5-1-2-9(13)8-3-4-10-11(6-8)15-7-14-10/h3-4,6H,1-2,5,7H2. The fraction of sp³-hybridized carbons (Fsp3) is 0.364. The lowest BCUT2D eigenvalue weighted by Crippen LogP contribution is -1.99. The number of fused-ring (bicyclic) bond motifs is 1. The molecule has 1 aromatic rings. The summed E-state index contributed by atoms with van der Waals surface area (Å²) in [4.78, 5) is 11.7. The van der Waals surface area contributed by atoms with Crippen molar-refractivity contribution >= 4 is 21.7 Å². The Morgan fingerprint density at radius 1 is 1.33 bits per heavy atom. The lowest BCUT2D eigenvalue weighted by molar-refractivity contribution is 0.0981. The van der Waals surface area contributed by atoms with E-state index in [9.17, 15) is 4.79 Å². The molecular weight excluding hydrogens is 260 g/mol. The Bertz CT molecular complexity index is 376. The molecule has 1 aliphatic rings. The average Bonchev–Trinajstić information content (AvgIpc) is 2.72. The predicted octanol–water partition coefficient (Wildman–Crippen LogP) is 2.77. The molecule has 0 saturated heterocycles. The van der Waals surface area contributed by atoms with E-state index >= 15 is 0 Å². The second-order valence-corrected chi connectivity index (χ2v) is 4.08. The quantitative estimate of drug-likeness (QED) is 0.624. The number of carbonyl (C=O) groups excluding carboxylic acids is 1. The maximum absolute atomic E-state index is 11.7. The van der Waals surface area contributed by atoms with Gasteiger partial charge in [-0.2, -0.15) is 0 Å². The number of ketones is 1. The SMILES string of the molecule is O=C(CCCBr)c1ccc2c(c1)OCO2. The Labute approximate surface area is 96.5 Å². The highest BCUT2D eigenvalue weighted by Gasteiger charge is 2.15. The molecule has 0 atom stereocenters. The van der Waals surface area contributed by atoms with Gasteiger partial charge in [-0.1, -0.05) is 15.9 Å². The molecule has 0 unspecified atom stereocenters. The Hall–Kier alpha value is -1.03. The van der Waals surface area contributed by atoms with Crippen LogP contribution in [0.5, 0.6) is 11.5 Å². The van der Waals surface area contributed by atoms with Crippen LogP contribution in [0.2, 0.25) is 0 Å². The number of Topliss-reactive ketones (excluding diaryl/α,β-unsaturated/α-hetero) is 1. The van der Waals surface area contributed by atoms with Crippen molar-refractivity contribution in [3.8, 4) is 11.5 Å². The summed E-state index contributed by atoms with van der Waals surface area (Å²) in [7, 11) is 0. The Kier molecular flexibility index (Phi) is 3.26. The maximum atomic E-state index is 11.7. The van der Waals surface area contributed by atoms with E-state index in [0.29, 0.717) is 23.5 Å². The molecule has 0 saturated carbocycles. The van der Waals surface area contributed by atoms with Gasteiger partial charge in [0.25, 0.3) is 0 Å². The number of halogens is 1. The van der Waals surface area contributed by atoms with Crippen molar-refractivity contribution in [1.82, 2.24) is 0 Å². The molecule has 0 N–H and O–H groups in total. The van der Waals surface area contributed by atoms with Crippen LogP contribution >= 0.6 is 15.9 Å². The molecule has 4 heteroatoms. The largest absolute Gasteiger partial charge is 0.454 e. The highest BCUT2D eigenvalue weighted by molar-refractivity contribution is 9.09. The molecule has 1 aromatic carbocycles. The third kappa shape index (κ3) is 2.31. The molecule has 0 aliphatic carbocycles. The molecular formula is C11H11BrO3. The van der Waals surface area contributed by atoms with Gasteiger partial charge < -0.3 is 9.47 Å². The zero-order chi connectivity index (χ0) is 10.7. The Morgan fingerprint density at radius 2 is 2.13 bits per heavy atom. The lowest BCUT2D eigenvalue weighted by atomic mass is 10.1. The summed E-state index contributed by atoms with van der Waals surface area (Å²) in [5, 5.41) is 0.850. The van der Waals surface area contributed by atoms with Crippen LogP contribution in [0, 0.1) is 0 Å². The molecule has 2 rings (SSSR count). The van der Waals surface area contributed by atoms with E-state index in [1.807, 2.05) is 0 Å². The van der Waals surface area contributed by atoms with Gasteiger partial charge in [-0.3, -0.25) is 4.79 Å². The first-order valence-corrected chi connectivity index (χ1v) is 5.92. The second-order valence-electron chi connectivity index (χ2n) is 3.28. The smallest absolute Gasteiger partial charge is 0.231 e. The van der Waals surface area contributed by atoms with Crippen LogP contribution in [-0.4, -0.2) is 17.9 Å². The number of alkyl halides is 1. The minimum Gasteiger partial charge on any atom is -0.454 e. The summed E-state index contributed by atoms with van der Waals surface area (Å²) in [6, 6.07) is 5.31. The van der Waals surface area contributed by atoms with Crippen molar-refractivity contribution in [1.29, 1.82) is 0 Å². The molecule has 80 valence electrons. The van der Waals surface area contributed by atoms with Crippen LogP contribution in [0.15, 0.2) is 18.2 Å². The van der Waals surface area contributed by atoms with Gasteiger partial charge in [0, 0.05) is 17.3 Å². The fourth-order valence-electron chi connectivity index (χ4n) is 1.44. The van der Waals surface area contributed by atoms with Gasteiger partial charge in [0.2, 0.25) is 6.79 Å². The van der Waals surface area contributed by atoms with Crippen molar-refractivity contribution < 1.29 is 14.3 Å². The third-order valence-corrected chi connectivity index (χ3v) is 2.79. The van der Waals surface area contributed by atoms with E-state index in [-0.39, 0.29) is 12.6 Å². The lowest BCUT2D eigenvalue weighted by Gasteiger charge is -2.01. The van der Waals surface area contributed by atoms with E-state index < -0.39 is 0 Å². The number of hydrogen-bond acceptors (Lipinski definition) is 3. The van der Waals surface area contributed by atoms with Crippen LogP contribution in [0.3, 0.4) is 0 Å². The molecule has 1 aliphatic heterocycles. The van der Waals surface area contributed by atoms with Crippen LogP contribution < -0.4 is 9.47 Å². The third-order valence-electron chi connectivity index (χ3n) is 2.23. The molecule has 0 bridgehead atoms. The minimum atomic E-state index is 0.146. The average molecular weight is 271 g/mol. The Morgan fingerprint density at radius 3 is 2.93 bits per heavy atom. The second kappa shape index (κ2) is 4.66.